The van der Waals surface area contributed by atoms with E-state index in [9.17, 15) is 20.4 Å². The SMILES string of the molecule is O[C@@H]1[C@@H](O)[C@@H](O[C@]2(CCl)O[C@H](CCl)[C@@H](O)[C@@H]2O)O[C@H](CCl)[C@@H]1Cl. The van der Waals surface area contributed by atoms with Gasteiger partial charge in [-0.15, -0.1) is 46.4 Å². The van der Waals surface area contributed by atoms with Crippen LogP contribution in [0.3, 0.4) is 0 Å². The lowest BCUT2D eigenvalue weighted by Gasteiger charge is -2.43. The van der Waals surface area contributed by atoms with Crippen LogP contribution in [0.25, 0.3) is 0 Å². The van der Waals surface area contributed by atoms with E-state index in [-0.39, 0.29) is 17.6 Å². The lowest BCUT2D eigenvalue weighted by molar-refractivity contribution is -0.354. The van der Waals surface area contributed by atoms with Gasteiger partial charge in [-0.3, -0.25) is 0 Å². The summed E-state index contributed by atoms with van der Waals surface area (Å²) in [6, 6.07) is 0. The zero-order valence-corrected chi connectivity index (χ0v) is 14.8. The van der Waals surface area contributed by atoms with Crippen molar-refractivity contribution in [1.82, 2.24) is 0 Å². The molecule has 0 aromatic heterocycles. The van der Waals surface area contributed by atoms with Crippen LogP contribution in [0.15, 0.2) is 0 Å². The minimum absolute atomic E-state index is 0.0535. The van der Waals surface area contributed by atoms with Gasteiger partial charge in [0.05, 0.1) is 29.1 Å². The van der Waals surface area contributed by atoms with E-state index in [0.29, 0.717) is 0 Å². The third-order valence-corrected chi connectivity index (χ3v) is 5.45. The van der Waals surface area contributed by atoms with Gasteiger partial charge in [-0.2, -0.15) is 0 Å². The van der Waals surface area contributed by atoms with Crippen LogP contribution in [0.1, 0.15) is 0 Å². The smallest absolute Gasteiger partial charge is 0.214 e. The topological polar surface area (TPSA) is 109 Å². The molecule has 2 fully saturated rings. The predicted octanol–water partition coefficient (Wildman–Crippen LogP) is -0.410. The van der Waals surface area contributed by atoms with Gasteiger partial charge >= 0.3 is 0 Å². The van der Waals surface area contributed by atoms with Gasteiger partial charge in [0.2, 0.25) is 5.79 Å². The van der Waals surface area contributed by atoms with Crippen molar-refractivity contribution < 1.29 is 34.6 Å². The standard InChI is InChI=1S/C12H18Cl4O7/c13-1-4-6(16)8(18)9(19)11(21-4)23-12(3-15)10(20)7(17)5(2-14)22-12/h4-11,17-20H,1-3H2/t4-,5-,6+,7-,8+,9-,10+,11-,12+/m1/s1. The van der Waals surface area contributed by atoms with Gasteiger partial charge in [-0.05, 0) is 0 Å². The van der Waals surface area contributed by atoms with Crippen LogP contribution in [0.5, 0.6) is 0 Å². The summed E-state index contributed by atoms with van der Waals surface area (Å²) in [5.74, 6) is -2.40. The molecule has 136 valence electrons. The highest BCUT2D eigenvalue weighted by Gasteiger charge is 2.58. The highest BCUT2D eigenvalue weighted by Crippen LogP contribution is 2.38. The Morgan fingerprint density at radius 1 is 0.913 bits per heavy atom. The third kappa shape index (κ3) is 3.71. The van der Waals surface area contributed by atoms with Gasteiger partial charge in [0.25, 0.3) is 0 Å². The maximum atomic E-state index is 10.2. The van der Waals surface area contributed by atoms with Gasteiger partial charge in [0, 0.05) is 0 Å². The van der Waals surface area contributed by atoms with Crippen molar-refractivity contribution in [2.45, 2.75) is 54.1 Å². The highest BCUT2D eigenvalue weighted by molar-refractivity contribution is 6.23. The molecule has 0 aromatic carbocycles. The first-order valence-electron chi connectivity index (χ1n) is 6.86. The number of hydrogen-bond acceptors (Lipinski definition) is 7. The van der Waals surface area contributed by atoms with Crippen molar-refractivity contribution in [3.63, 3.8) is 0 Å². The summed E-state index contributed by atoms with van der Waals surface area (Å²) in [5.41, 5.74) is 0. The van der Waals surface area contributed by atoms with Crippen molar-refractivity contribution in [2.24, 2.45) is 0 Å². The van der Waals surface area contributed by atoms with E-state index in [1.165, 1.54) is 0 Å². The normalized spacial score (nSPS) is 51.1. The lowest BCUT2D eigenvalue weighted by Crippen LogP contribution is -2.60. The molecule has 9 atom stereocenters. The molecule has 4 N–H and O–H groups in total. The van der Waals surface area contributed by atoms with Crippen LogP contribution < -0.4 is 0 Å². The number of aliphatic hydroxyl groups excluding tert-OH is 4. The van der Waals surface area contributed by atoms with Crippen molar-refractivity contribution in [1.29, 1.82) is 0 Å². The van der Waals surface area contributed by atoms with E-state index in [0.717, 1.165) is 0 Å². The second kappa shape index (κ2) is 8.05. The molecule has 0 aliphatic carbocycles. The zero-order chi connectivity index (χ0) is 17.4. The number of halogens is 4. The summed E-state index contributed by atoms with van der Waals surface area (Å²) < 4.78 is 16.3. The average Bonchev–Trinajstić information content (AvgIpc) is 2.80. The first kappa shape index (κ1) is 20.2. The minimum atomic E-state index is -1.86. The summed E-state index contributed by atoms with van der Waals surface area (Å²) in [6.45, 7) is 0. The molecule has 2 aliphatic rings. The fourth-order valence-electron chi connectivity index (χ4n) is 2.53. The lowest BCUT2D eigenvalue weighted by atomic mass is 10.0. The van der Waals surface area contributed by atoms with Gasteiger partial charge in [0.15, 0.2) is 6.29 Å². The van der Waals surface area contributed by atoms with E-state index in [1.807, 2.05) is 0 Å². The summed E-state index contributed by atoms with van der Waals surface area (Å²) in [6.07, 6.45) is -8.90. The second-order valence-electron chi connectivity index (χ2n) is 5.43. The number of alkyl halides is 4. The third-order valence-electron chi connectivity index (χ3n) is 3.93. The van der Waals surface area contributed by atoms with Crippen molar-refractivity contribution >= 4 is 46.4 Å². The molecule has 11 heteroatoms. The van der Waals surface area contributed by atoms with Gasteiger partial charge in [-0.1, -0.05) is 0 Å². The zero-order valence-electron chi connectivity index (χ0n) is 11.8. The van der Waals surface area contributed by atoms with E-state index >= 15 is 0 Å². The quantitative estimate of drug-likeness (QED) is 0.452. The molecule has 0 unspecified atom stereocenters. The van der Waals surface area contributed by atoms with Crippen LogP contribution in [0.4, 0.5) is 0 Å². The number of aliphatic hydroxyl groups is 4. The molecule has 2 rings (SSSR count). The summed E-state index contributed by atoms with van der Waals surface area (Å²) in [4.78, 5) is 0. The molecule has 7 nitrogen and oxygen atoms in total. The maximum absolute atomic E-state index is 10.2. The molecule has 2 heterocycles. The molecule has 23 heavy (non-hydrogen) atoms. The van der Waals surface area contributed by atoms with Crippen molar-refractivity contribution in [3.8, 4) is 0 Å². The molecule has 0 radical (unpaired) electrons. The van der Waals surface area contributed by atoms with E-state index in [2.05, 4.69) is 0 Å². The Labute approximate surface area is 152 Å². The average molecular weight is 416 g/mol. The highest BCUT2D eigenvalue weighted by atomic mass is 35.5. The van der Waals surface area contributed by atoms with Crippen LogP contribution >= 0.6 is 46.4 Å². The Morgan fingerprint density at radius 3 is 2.00 bits per heavy atom. The molecular weight excluding hydrogens is 398 g/mol. The first-order chi connectivity index (χ1) is 10.8. The molecule has 0 spiro atoms. The minimum Gasteiger partial charge on any atom is -0.389 e. The Bertz CT molecular complexity index is 404. The molecule has 0 bridgehead atoms. The molecule has 2 aliphatic heterocycles. The summed E-state index contributed by atoms with van der Waals surface area (Å²) >= 11 is 23.1. The van der Waals surface area contributed by atoms with Crippen LogP contribution in [0, 0.1) is 0 Å². The van der Waals surface area contributed by atoms with Gasteiger partial charge in [-0.25, -0.2) is 0 Å². The second-order valence-corrected chi connectivity index (χ2v) is 6.82. The predicted molar refractivity (Wildman–Crippen MR) is 83.2 cm³/mol. The van der Waals surface area contributed by atoms with Crippen LogP contribution in [-0.4, -0.2) is 92.1 Å². The fourth-order valence-corrected chi connectivity index (χ4v) is 3.72. The van der Waals surface area contributed by atoms with Crippen molar-refractivity contribution in [2.75, 3.05) is 17.6 Å². The van der Waals surface area contributed by atoms with Gasteiger partial charge < -0.3 is 34.6 Å². The maximum Gasteiger partial charge on any atom is 0.214 e. The molecular formula is C12H18Cl4O7. The Morgan fingerprint density at radius 2 is 1.52 bits per heavy atom. The monoisotopic (exact) mass is 414 g/mol. The van der Waals surface area contributed by atoms with Crippen molar-refractivity contribution in [3.05, 3.63) is 0 Å². The van der Waals surface area contributed by atoms with Crippen LogP contribution in [0.2, 0.25) is 0 Å². The van der Waals surface area contributed by atoms with Gasteiger partial charge in [0.1, 0.15) is 30.5 Å². The molecule has 0 aromatic rings. The van der Waals surface area contributed by atoms with Crippen LogP contribution in [-0.2, 0) is 14.2 Å². The molecule has 0 saturated carbocycles. The van der Waals surface area contributed by atoms with E-state index in [4.69, 9.17) is 60.6 Å². The number of ether oxygens (including phenoxy) is 3. The summed E-state index contributed by atoms with van der Waals surface area (Å²) in [5, 5.41) is 39.2. The summed E-state index contributed by atoms with van der Waals surface area (Å²) in [7, 11) is 0. The Balaban J connectivity index is 2.18. The van der Waals surface area contributed by atoms with E-state index in [1.54, 1.807) is 0 Å². The van der Waals surface area contributed by atoms with E-state index < -0.39 is 54.1 Å². The molecule has 0 amide bonds. The largest absolute Gasteiger partial charge is 0.389 e. The first-order valence-corrected chi connectivity index (χ1v) is 8.90. The molecule has 2 saturated heterocycles. The Hall–Kier alpha value is 0.880. The number of rotatable bonds is 5. The fraction of sp³-hybridized carbons (Fsp3) is 1.00. The number of hydrogen-bond donors (Lipinski definition) is 4. The Kier molecular flexibility index (Phi) is 7.07.